The number of ether oxygens (including phenoxy) is 1. The molecule has 2 aliphatic rings. The van der Waals surface area contributed by atoms with Gasteiger partial charge in [-0.15, -0.1) is 0 Å². The van der Waals surface area contributed by atoms with E-state index in [0.717, 1.165) is 18.4 Å². The highest BCUT2D eigenvalue weighted by atomic mass is 16.5. The zero-order chi connectivity index (χ0) is 13.0. The highest BCUT2D eigenvalue weighted by molar-refractivity contribution is 4.84. The summed E-state index contributed by atoms with van der Waals surface area (Å²) in [6.07, 6.45) is 6.71. The predicted molar refractivity (Wildman–Crippen MR) is 75.9 cm³/mol. The van der Waals surface area contributed by atoms with Crippen LogP contribution in [0.5, 0.6) is 0 Å². The Bertz CT molecular complexity index is 251. The Morgan fingerprint density at radius 3 is 2.72 bits per heavy atom. The Labute approximate surface area is 112 Å². The normalized spacial score (nSPS) is 26.5. The molecule has 0 aromatic heterocycles. The maximum Gasteiger partial charge on any atom is 0.0634 e. The van der Waals surface area contributed by atoms with Crippen LogP contribution in [0.4, 0.5) is 0 Å². The molecule has 1 saturated heterocycles. The van der Waals surface area contributed by atoms with E-state index < -0.39 is 0 Å². The molecule has 18 heavy (non-hydrogen) atoms. The first-order chi connectivity index (χ1) is 8.59. The smallest absolute Gasteiger partial charge is 0.0634 e. The second-order valence-corrected chi connectivity index (χ2v) is 6.71. The van der Waals surface area contributed by atoms with Crippen LogP contribution in [-0.4, -0.2) is 49.8 Å². The molecule has 0 radical (unpaired) electrons. The Morgan fingerprint density at radius 1 is 1.28 bits per heavy atom. The van der Waals surface area contributed by atoms with Gasteiger partial charge in [0.05, 0.1) is 5.60 Å². The summed E-state index contributed by atoms with van der Waals surface area (Å²) >= 11 is 0. The lowest BCUT2D eigenvalue weighted by molar-refractivity contribution is 0.00415. The van der Waals surface area contributed by atoms with Crippen molar-refractivity contribution in [2.24, 2.45) is 5.92 Å². The molecule has 106 valence electrons. The summed E-state index contributed by atoms with van der Waals surface area (Å²) in [5.41, 5.74) is 0.0270. The lowest BCUT2D eigenvalue weighted by Crippen LogP contribution is -2.42. The van der Waals surface area contributed by atoms with Gasteiger partial charge in [0.2, 0.25) is 0 Å². The van der Waals surface area contributed by atoms with Crippen LogP contribution in [0.1, 0.15) is 46.0 Å². The molecule has 3 heteroatoms. The quantitative estimate of drug-likeness (QED) is 0.754. The van der Waals surface area contributed by atoms with E-state index in [9.17, 15) is 0 Å². The average Bonchev–Trinajstić information content (AvgIpc) is 3.19. The van der Waals surface area contributed by atoms with E-state index in [1.54, 1.807) is 0 Å². The molecule has 3 nitrogen and oxygen atoms in total. The van der Waals surface area contributed by atoms with Crippen LogP contribution in [-0.2, 0) is 4.74 Å². The summed E-state index contributed by atoms with van der Waals surface area (Å²) in [5, 5.41) is 3.68. The van der Waals surface area contributed by atoms with Gasteiger partial charge in [0, 0.05) is 26.2 Å². The lowest BCUT2D eigenvalue weighted by Gasteiger charge is -2.35. The molecule has 0 spiro atoms. The zero-order valence-corrected chi connectivity index (χ0v) is 12.4. The van der Waals surface area contributed by atoms with Gasteiger partial charge in [0.1, 0.15) is 0 Å². The van der Waals surface area contributed by atoms with Gasteiger partial charge >= 0.3 is 0 Å². The molecule has 1 unspecified atom stereocenters. The highest BCUT2D eigenvalue weighted by Crippen LogP contribution is 2.22. The fourth-order valence-corrected chi connectivity index (χ4v) is 2.67. The van der Waals surface area contributed by atoms with Crippen LogP contribution in [0.25, 0.3) is 0 Å². The topological polar surface area (TPSA) is 24.5 Å². The zero-order valence-electron chi connectivity index (χ0n) is 12.4. The molecular formula is C15H30N2O. The van der Waals surface area contributed by atoms with Crippen molar-refractivity contribution >= 4 is 0 Å². The van der Waals surface area contributed by atoms with Gasteiger partial charge in [-0.3, -0.25) is 0 Å². The number of nitrogens with zero attached hydrogens (tertiary/aromatic N) is 1. The molecule has 0 aromatic rings. The third kappa shape index (κ3) is 4.87. The molecule has 2 fully saturated rings. The molecule has 0 aromatic carbocycles. The number of rotatable bonds is 7. The Kier molecular flexibility index (Phi) is 5.05. The summed E-state index contributed by atoms with van der Waals surface area (Å²) in [6, 6.07) is 0.854. The van der Waals surface area contributed by atoms with E-state index in [2.05, 4.69) is 24.1 Å². The standard InChI is InChI=1S/C15H30N2O/c1-15(2,18-3)8-10-17-9-4-5-13(12-17)11-16-14-6-7-14/h13-14,16H,4-12H2,1-3H3. The summed E-state index contributed by atoms with van der Waals surface area (Å²) in [6.45, 7) is 9.33. The molecule has 1 atom stereocenters. The molecule has 2 rings (SSSR count). The molecule has 1 N–H and O–H groups in total. The van der Waals surface area contributed by atoms with Crippen molar-refractivity contribution in [2.45, 2.75) is 57.6 Å². The Morgan fingerprint density at radius 2 is 2.06 bits per heavy atom. The first-order valence-electron chi connectivity index (χ1n) is 7.60. The van der Waals surface area contributed by atoms with Gasteiger partial charge in [-0.25, -0.2) is 0 Å². The van der Waals surface area contributed by atoms with Crippen molar-refractivity contribution in [2.75, 3.05) is 33.3 Å². The summed E-state index contributed by atoms with van der Waals surface area (Å²) < 4.78 is 5.50. The van der Waals surface area contributed by atoms with E-state index in [-0.39, 0.29) is 5.60 Å². The van der Waals surface area contributed by atoms with Gasteiger partial charge in [-0.05, 0) is 65.0 Å². The predicted octanol–water partition coefficient (Wildman–Crippen LogP) is 2.27. The van der Waals surface area contributed by atoms with E-state index in [1.807, 2.05) is 7.11 Å². The fraction of sp³-hybridized carbons (Fsp3) is 1.00. The molecule has 1 aliphatic heterocycles. The number of hydrogen-bond donors (Lipinski definition) is 1. The summed E-state index contributed by atoms with van der Waals surface area (Å²) in [4.78, 5) is 2.63. The van der Waals surface area contributed by atoms with E-state index in [1.165, 1.54) is 51.9 Å². The van der Waals surface area contributed by atoms with Crippen LogP contribution in [0.3, 0.4) is 0 Å². The van der Waals surface area contributed by atoms with Crippen molar-refractivity contribution in [3.8, 4) is 0 Å². The van der Waals surface area contributed by atoms with Gasteiger partial charge in [0.25, 0.3) is 0 Å². The van der Waals surface area contributed by atoms with Crippen LogP contribution in [0.2, 0.25) is 0 Å². The minimum absolute atomic E-state index is 0.0270. The van der Waals surface area contributed by atoms with Gasteiger partial charge in [0.15, 0.2) is 0 Å². The highest BCUT2D eigenvalue weighted by Gasteiger charge is 2.25. The number of nitrogens with one attached hydrogen (secondary N) is 1. The second-order valence-electron chi connectivity index (χ2n) is 6.71. The maximum absolute atomic E-state index is 5.50. The molecular weight excluding hydrogens is 224 g/mol. The molecule has 0 amide bonds. The number of hydrogen-bond acceptors (Lipinski definition) is 3. The molecule has 1 heterocycles. The van der Waals surface area contributed by atoms with Gasteiger partial charge in [-0.1, -0.05) is 0 Å². The van der Waals surface area contributed by atoms with E-state index >= 15 is 0 Å². The SMILES string of the molecule is COC(C)(C)CCN1CCCC(CNC2CC2)C1. The minimum atomic E-state index is 0.0270. The first-order valence-corrected chi connectivity index (χ1v) is 7.60. The van der Waals surface area contributed by atoms with E-state index in [0.29, 0.717) is 0 Å². The van der Waals surface area contributed by atoms with Crippen LogP contribution < -0.4 is 5.32 Å². The van der Waals surface area contributed by atoms with E-state index in [4.69, 9.17) is 4.74 Å². The fourth-order valence-electron chi connectivity index (χ4n) is 2.67. The molecule has 1 aliphatic carbocycles. The average molecular weight is 254 g/mol. The lowest BCUT2D eigenvalue weighted by atomic mass is 9.96. The van der Waals surface area contributed by atoms with Crippen LogP contribution in [0, 0.1) is 5.92 Å². The maximum atomic E-state index is 5.50. The van der Waals surface area contributed by atoms with Crippen LogP contribution >= 0.6 is 0 Å². The number of methoxy groups -OCH3 is 1. The minimum Gasteiger partial charge on any atom is -0.379 e. The van der Waals surface area contributed by atoms with Crippen molar-refractivity contribution in [3.63, 3.8) is 0 Å². The third-order valence-corrected chi connectivity index (χ3v) is 4.46. The van der Waals surface area contributed by atoms with Crippen molar-refractivity contribution in [3.05, 3.63) is 0 Å². The first kappa shape index (κ1) is 14.3. The van der Waals surface area contributed by atoms with Gasteiger partial charge < -0.3 is 15.0 Å². The third-order valence-electron chi connectivity index (χ3n) is 4.46. The van der Waals surface area contributed by atoms with Crippen molar-refractivity contribution in [1.82, 2.24) is 10.2 Å². The molecule has 0 bridgehead atoms. The number of likely N-dealkylation sites (tertiary alicyclic amines) is 1. The van der Waals surface area contributed by atoms with Crippen molar-refractivity contribution < 1.29 is 4.74 Å². The largest absolute Gasteiger partial charge is 0.379 e. The second kappa shape index (κ2) is 6.36. The summed E-state index contributed by atoms with van der Waals surface area (Å²) in [7, 11) is 1.82. The number of piperidine rings is 1. The van der Waals surface area contributed by atoms with Crippen LogP contribution in [0.15, 0.2) is 0 Å². The Balaban J connectivity index is 1.65. The monoisotopic (exact) mass is 254 g/mol. The van der Waals surface area contributed by atoms with Crippen molar-refractivity contribution in [1.29, 1.82) is 0 Å². The summed E-state index contributed by atoms with van der Waals surface area (Å²) in [5.74, 6) is 0.866. The Hall–Kier alpha value is -0.120. The molecule has 1 saturated carbocycles. The van der Waals surface area contributed by atoms with Gasteiger partial charge in [-0.2, -0.15) is 0 Å².